The van der Waals surface area contributed by atoms with Crippen LogP contribution in [0.4, 0.5) is 4.39 Å². The molecule has 0 N–H and O–H groups in total. The van der Waals surface area contributed by atoms with Crippen molar-refractivity contribution in [1.82, 2.24) is 4.90 Å². The van der Waals surface area contributed by atoms with Crippen LogP contribution in [0.25, 0.3) is 5.57 Å². The lowest BCUT2D eigenvalue weighted by molar-refractivity contribution is 0.0444. The zero-order chi connectivity index (χ0) is 13.5. The van der Waals surface area contributed by atoms with E-state index in [-0.39, 0.29) is 4.90 Å². The van der Waals surface area contributed by atoms with Crippen LogP contribution in [0.15, 0.2) is 28.5 Å². The van der Waals surface area contributed by atoms with Crippen molar-refractivity contribution >= 4 is 15.4 Å². The number of hydrogen-bond acceptors (Lipinski definition) is 4. The second-order valence-corrected chi connectivity index (χ2v) is 6.48. The molecular formula is C13H14FNO3S. The van der Waals surface area contributed by atoms with E-state index in [9.17, 15) is 12.8 Å². The van der Waals surface area contributed by atoms with Crippen LogP contribution in [0, 0.1) is 5.82 Å². The number of benzene rings is 1. The lowest BCUT2D eigenvalue weighted by Crippen LogP contribution is -2.37. The van der Waals surface area contributed by atoms with Crippen molar-refractivity contribution in [2.24, 2.45) is 0 Å². The van der Waals surface area contributed by atoms with Crippen molar-refractivity contribution in [3.63, 3.8) is 0 Å². The first-order valence-electron chi connectivity index (χ1n) is 6.12. The fourth-order valence-electron chi connectivity index (χ4n) is 2.44. The minimum absolute atomic E-state index is 0.206. The van der Waals surface area contributed by atoms with Crippen LogP contribution in [-0.2, 0) is 14.6 Å². The summed E-state index contributed by atoms with van der Waals surface area (Å²) in [6.45, 7) is 3.34. The largest absolute Gasteiger partial charge is 0.379 e. The molecule has 0 bridgehead atoms. The maximum Gasteiger partial charge on any atom is 0.200 e. The quantitative estimate of drug-likeness (QED) is 0.767. The summed E-state index contributed by atoms with van der Waals surface area (Å²) in [5, 5.41) is 1.26. The smallest absolute Gasteiger partial charge is 0.200 e. The van der Waals surface area contributed by atoms with E-state index in [1.165, 1.54) is 23.6 Å². The summed E-state index contributed by atoms with van der Waals surface area (Å²) < 4.78 is 42.5. The Kier molecular flexibility index (Phi) is 3.16. The fraction of sp³-hybridized carbons (Fsp3) is 0.385. The van der Waals surface area contributed by atoms with E-state index in [1.807, 2.05) is 0 Å². The normalized spacial score (nSPS) is 22.1. The van der Waals surface area contributed by atoms with Crippen molar-refractivity contribution in [1.29, 1.82) is 0 Å². The molecule has 4 nitrogen and oxygen atoms in total. The van der Waals surface area contributed by atoms with Gasteiger partial charge < -0.3 is 4.74 Å². The minimum Gasteiger partial charge on any atom is -0.379 e. The molecule has 6 heteroatoms. The summed E-state index contributed by atoms with van der Waals surface area (Å²) in [6.07, 6.45) is 0. The van der Waals surface area contributed by atoms with Gasteiger partial charge in [0.25, 0.3) is 0 Å². The highest BCUT2D eigenvalue weighted by Crippen LogP contribution is 2.34. The van der Waals surface area contributed by atoms with E-state index >= 15 is 0 Å². The monoisotopic (exact) mass is 283 g/mol. The summed E-state index contributed by atoms with van der Waals surface area (Å²) in [7, 11) is -3.41. The van der Waals surface area contributed by atoms with Gasteiger partial charge in [0.15, 0.2) is 0 Å². The third-order valence-electron chi connectivity index (χ3n) is 3.39. The van der Waals surface area contributed by atoms with Gasteiger partial charge in [-0.1, -0.05) is 0 Å². The van der Waals surface area contributed by atoms with Crippen LogP contribution in [0.2, 0.25) is 0 Å². The van der Waals surface area contributed by atoms with Crippen molar-refractivity contribution in [2.45, 2.75) is 4.90 Å². The fourth-order valence-corrected chi connectivity index (χ4v) is 3.90. The summed E-state index contributed by atoms with van der Waals surface area (Å²) in [4.78, 5) is 2.32. The number of ether oxygens (including phenoxy) is 1. The predicted octanol–water partition coefficient (Wildman–Crippen LogP) is 1.29. The van der Waals surface area contributed by atoms with Gasteiger partial charge in [-0.25, -0.2) is 12.8 Å². The molecule has 1 aromatic carbocycles. The maximum absolute atomic E-state index is 13.3. The van der Waals surface area contributed by atoms with Crippen LogP contribution < -0.4 is 0 Å². The summed E-state index contributed by atoms with van der Waals surface area (Å²) in [5.41, 5.74) is 1.16. The molecule has 0 aliphatic carbocycles. The van der Waals surface area contributed by atoms with E-state index in [0.717, 1.165) is 13.1 Å². The summed E-state index contributed by atoms with van der Waals surface area (Å²) in [5.74, 6) is -0.413. The van der Waals surface area contributed by atoms with Crippen molar-refractivity contribution in [3.8, 4) is 0 Å². The molecule has 0 spiro atoms. The molecule has 0 saturated carbocycles. The predicted molar refractivity (Wildman–Crippen MR) is 68.8 cm³/mol. The molecule has 2 aliphatic rings. The van der Waals surface area contributed by atoms with Gasteiger partial charge >= 0.3 is 0 Å². The molecule has 0 radical (unpaired) electrons. The zero-order valence-corrected chi connectivity index (χ0v) is 11.1. The van der Waals surface area contributed by atoms with Crippen LogP contribution in [-0.4, -0.2) is 46.2 Å². The maximum atomic E-state index is 13.3. The number of nitrogens with zero attached hydrogens (tertiary/aromatic N) is 1. The standard InChI is InChI=1S/C13H14FNO3S/c14-11-1-2-13-12(7-11)10(9-19(13,16)17)8-15-3-5-18-6-4-15/h1-2,7,9H,3-6,8H2. The molecule has 102 valence electrons. The second-order valence-electron chi connectivity index (χ2n) is 4.72. The molecule has 0 atom stereocenters. The number of sulfone groups is 1. The average molecular weight is 283 g/mol. The molecule has 2 heterocycles. The lowest BCUT2D eigenvalue weighted by Gasteiger charge is -2.27. The Hall–Kier alpha value is -1.24. The first kappa shape index (κ1) is 12.8. The van der Waals surface area contributed by atoms with Gasteiger partial charge in [0, 0.05) is 30.6 Å². The number of fused-ring (bicyclic) bond motifs is 1. The molecule has 0 aromatic heterocycles. The Labute approximate surface area is 111 Å². The summed E-state index contributed by atoms with van der Waals surface area (Å²) in [6, 6.07) is 3.82. The van der Waals surface area contributed by atoms with Crippen molar-refractivity contribution < 1.29 is 17.5 Å². The molecule has 3 rings (SSSR count). The van der Waals surface area contributed by atoms with Crippen LogP contribution in [0.1, 0.15) is 5.56 Å². The Morgan fingerprint density at radius 2 is 2.00 bits per heavy atom. The van der Waals surface area contributed by atoms with Crippen LogP contribution >= 0.6 is 0 Å². The Morgan fingerprint density at radius 1 is 1.26 bits per heavy atom. The van der Waals surface area contributed by atoms with E-state index < -0.39 is 15.7 Å². The first-order valence-corrected chi connectivity index (χ1v) is 7.66. The third-order valence-corrected chi connectivity index (χ3v) is 4.95. The third kappa shape index (κ3) is 2.43. The Morgan fingerprint density at radius 3 is 2.74 bits per heavy atom. The van der Waals surface area contributed by atoms with Crippen molar-refractivity contribution in [2.75, 3.05) is 32.8 Å². The van der Waals surface area contributed by atoms with Gasteiger partial charge in [0.2, 0.25) is 9.84 Å². The second kappa shape index (κ2) is 4.70. The Bertz CT molecular complexity index is 633. The van der Waals surface area contributed by atoms with E-state index in [4.69, 9.17) is 4.74 Å². The molecule has 2 aliphatic heterocycles. The minimum atomic E-state index is -3.41. The first-order chi connectivity index (χ1) is 9.06. The lowest BCUT2D eigenvalue weighted by atomic mass is 10.1. The van der Waals surface area contributed by atoms with Crippen molar-refractivity contribution in [3.05, 3.63) is 35.0 Å². The van der Waals surface area contributed by atoms with Crippen LogP contribution in [0.5, 0.6) is 0 Å². The number of morpholine rings is 1. The van der Waals surface area contributed by atoms with Gasteiger partial charge in [-0.2, -0.15) is 0 Å². The molecule has 0 unspecified atom stereocenters. The molecule has 1 fully saturated rings. The van der Waals surface area contributed by atoms with Gasteiger partial charge in [-0.15, -0.1) is 0 Å². The average Bonchev–Trinajstić information content (AvgIpc) is 2.62. The number of rotatable bonds is 2. The number of hydrogen-bond donors (Lipinski definition) is 0. The highest BCUT2D eigenvalue weighted by atomic mass is 32.2. The number of halogens is 1. The van der Waals surface area contributed by atoms with Gasteiger partial charge in [0.05, 0.1) is 18.1 Å². The SMILES string of the molecule is O=S1(=O)C=C(CN2CCOCC2)c2cc(F)ccc21. The molecule has 1 saturated heterocycles. The van der Waals surface area contributed by atoms with Gasteiger partial charge in [0.1, 0.15) is 5.82 Å². The highest BCUT2D eigenvalue weighted by molar-refractivity contribution is 7.95. The highest BCUT2D eigenvalue weighted by Gasteiger charge is 2.28. The Balaban J connectivity index is 1.93. The van der Waals surface area contributed by atoms with Gasteiger partial charge in [-0.05, 0) is 23.8 Å². The van der Waals surface area contributed by atoms with E-state index in [2.05, 4.69) is 4.90 Å². The summed E-state index contributed by atoms with van der Waals surface area (Å²) >= 11 is 0. The molecule has 19 heavy (non-hydrogen) atoms. The molecule has 0 amide bonds. The van der Waals surface area contributed by atoms with Gasteiger partial charge in [-0.3, -0.25) is 4.90 Å². The van der Waals surface area contributed by atoms with Crippen LogP contribution in [0.3, 0.4) is 0 Å². The molecular weight excluding hydrogens is 269 g/mol. The topological polar surface area (TPSA) is 46.6 Å². The van der Waals surface area contributed by atoms with E-state index in [1.54, 1.807) is 0 Å². The zero-order valence-electron chi connectivity index (χ0n) is 10.3. The molecule has 1 aromatic rings. The van der Waals surface area contributed by atoms with E-state index in [0.29, 0.717) is 30.9 Å².